The molecule has 0 aliphatic heterocycles. The van der Waals surface area contributed by atoms with E-state index in [9.17, 15) is 0 Å². The maximum absolute atomic E-state index is 6.65. The molecule has 310 valence electrons. The van der Waals surface area contributed by atoms with Gasteiger partial charge in [-0.25, -0.2) is 0 Å². The van der Waals surface area contributed by atoms with E-state index in [1.807, 2.05) is 0 Å². The highest BCUT2D eigenvalue weighted by atomic mass is 16.3. The summed E-state index contributed by atoms with van der Waals surface area (Å²) in [4.78, 5) is 0. The van der Waals surface area contributed by atoms with E-state index in [2.05, 4.69) is 210 Å². The second-order valence-corrected chi connectivity index (χ2v) is 19.9. The average molecular weight is 843 g/mol. The van der Waals surface area contributed by atoms with Gasteiger partial charge in [0.05, 0.1) is 0 Å². The minimum absolute atomic E-state index is 0.244. The van der Waals surface area contributed by atoms with Gasteiger partial charge in [-0.15, -0.1) is 0 Å². The van der Waals surface area contributed by atoms with E-state index >= 15 is 0 Å². The van der Waals surface area contributed by atoms with Crippen molar-refractivity contribution in [1.82, 2.24) is 0 Å². The summed E-state index contributed by atoms with van der Waals surface area (Å²) < 4.78 is 13.3. The fourth-order valence-electron chi connectivity index (χ4n) is 12.6. The van der Waals surface area contributed by atoms with Crippen molar-refractivity contribution in [3.8, 4) is 44.5 Å². The van der Waals surface area contributed by atoms with E-state index in [0.717, 1.165) is 55.0 Å². The highest BCUT2D eigenvalue weighted by Crippen LogP contribution is 2.58. The molecule has 0 radical (unpaired) electrons. The van der Waals surface area contributed by atoms with Gasteiger partial charge >= 0.3 is 0 Å². The molecule has 0 N–H and O–H groups in total. The fraction of sp³-hybridized carbons (Fsp3) is 0.0938. The number of furan rings is 2. The number of fused-ring (bicyclic) bond motifs is 19. The molecule has 0 saturated heterocycles. The Morgan fingerprint density at radius 2 is 0.652 bits per heavy atom. The maximum Gasteiger partial charge on any atom is 0.143 e. The van der Waals surface area contributed by atoms with Crippen molar-refractivity contribution in [2.45, 2.75) is 38.5 Å². The molecule has 2 nitrogen and oxygen atoms in total. The van der Waals surface area contributed by atoms with Crippen LogP contribution in [0.2, 0.25) is 0 Å². The zero-order valence-corrected chi connectivity index (χ0v) is 37.1. The first-order valence-corrected chi connectivity index (χ1v) is 23.2. The Morgan fingerprint density at radius 1 is 0.273 bits per heavy atom. The molecular formula is C64H42O2. The van der Waals surface area contributed by atoms with Gasteiger partial charge in [0.15, 0.2) is 0 Å². The zero-order valence-electron chi connectivity index (χ0n) is 37.1. The first-order valence-electron chi connectivity index (χ1n) is 23.2. The lowest BCUT2D eigenvalue weighted by Crippen LogP contribution is -2.15. The van der Waals surface area contributed by atoms with Crippen LogP contribution in [0.25, 0.3) is 131 Å². The summed E-state index contributed by atoms with van der Waals surface area (Å²) in [7, 11) is 0. The molecule has 0 unspecified atom stereocenters. The molecule has 11 aromatic carbocycles. The zero-order chi connectivity index (χ0) is 43.8. The van der Waals surface area contributed by atoms with Crippen molar-refractivity contribution >= 4 is 87.0 Å². The van der Waals surface area contributed by atoms with Crippen LogP contribution in [-0.2, 0) is 10.8 Å². The molecular weight excluding hydrogens is 801 g/mol. The standard InChI is InChI=1S/C64H42O2/c1-63(2)53-31-47-35(29-51(53)59-41-19-7-5-15-37(41)49(33-55(59)63)45-23-13-21-43-39-17-9-11-25-57(39)65-61(43)45)27-28-36-30-52-54(32-48(36)47)64(3,4)56-34-50(38-16-6-8-20-42(38)60(52)56)46-24-14-22-44-40-18-10-12-26-58(40)66-62(44)46/h5-34H,1-4H3. The van der Waals surface area contributed by atoms with Crippen LogP contribution in [0, 0.1) is 0 Å². The van der Waals surface area contributed by atoms with Gasteiger partial charge in [0, 0.05) is 43.5 Å². The Hall–Kier alpha value is -7.94. The van der Waals surface area contributed by atoms with E-state index in [1.165, 1.54) is 98.7 Å². The molecule has 0 saturated carbocycles. The lowest BCUT2D eigenvalue weighted by molar-refractivity contribution is 0.661. The van der Waals surface area contributed by atoms with Crippen molar-refractivity contribution in [2.75, 3.05) is 0 Å². The first-order chi connectivity index (χ1) is 32.2. The molecule has 2 aromatic heterocycles. The summed E-state index contributed by atoms with van der Waals surface area (Å²) in [5, 5.41) is 14.8. The lowest BCUT2D eigenvalue weighted by atomic mass is 9.79. The van der Waals surface area contributed by atoms with Crippen LogP contribution in [0.5, 0.6) is 0 Å². The third kappa shape index (κ3) is 4.56. The van der Waals surface area contributed by atoms with E-state index < -0.39 is 0 Å². The molecule has 2 aliphatic rings. The van der Waals surface area contributed by atoms with Crippen LogP contribution in [0.1, 0.15) is 49.9 Å². The summed E-state index contributed by atoms with van der Waals surface area (Å²) in [6.07, 6.45) is 0. The quantitative estimate of drug-likeness (QED) is 0.162. The largest absolute Gasteiger partial charge is 0.455 e. The van der Waals surface area contributed by atoms with Crippen LogP contribution in [0.3, 0.4) is 0 Å². The van der Waals surface area contributed by atoms with Crippen molar-refractivity contribution in [2.24, 2.45) is 0 Å². The molecule has 2 heterocycles. The minimum Gasteiger partial charge on any atom is -0.455 e. The van der Waals surface area contributed by atoms with Gasteiger partial charge in [0.25, 0.3) is 0 Å². The second kappa shape index (κ2) is 12.4. The smallest absolute Gasteiger partial charge is 0.143 e. The molecule has 0 amide bonds. The molecule has 0 spiro atoms. The predicted octanol–water partition coefficient (Wildman–Crippen LogP) is 18.0. The topological polar surface area (TPSA) is 26.3 Å². The van der Waals surface area contributed by atoms with Gasteiger partial charge in [-0.2, -0.15) is 0 Å². The normalized spacial score (nSPS) is 14.6. The van der Waals surface area contributed by atoms with Gasteiger partial charge in [0.1, 0.15) is 22.3 Å². The third-order valence-corrected chi connectivity index (χ3v) is 15.8. The maximum atomic E-state index is 6.65. The Labute approximate surface area is 381 Å². The molecule has 66 heavy (non-hydrogen) atoms. The Balaban J connectivity index is 0.924. The summed E-state index contributed by atoms with van der Waals surface area (Å²) in [6, 6.07) is 67.6. The van der Waals surface area contributed by atoms with Gasteiger partial charge in [0.2, 0.25) is 0 Å². The fourth-order valence-corrected chi connectivity index (χ4v) is 12.6. The Kier molecular flexibility index (Phi) is 6.86. The summed E-state index contributed by atoms with van der Waals surface area (Å²) in [5.41, 5.74) is 18.8. The van der Waals surface area contributed by atoms with Crippen LogP contribution >= 0.6 is 0 Å². The average Bonchev–Trinajstić information content (AvgIpc) is 4.05. The second-order valence-electron chi connectivity index (χ2n) is 19.9. The number of hydrogen-bond acceptors (Lipinski definition) is 2. The summed E-state index contributed by atoms with van der Waals surface area (Å²) >= 11 is 0. The summed E-state index contributed by atoms with van der Waals surface area (Å²) in [6.45, 7) is 9.67. The van der Waals surface area contributed by atoms with E-state index in [1.54, 1.807) is 0 Å². The van der Waals surface area contributed by atoms with E-state index in [-0.39, 0.29) is 10.8 Å². The van der Waals surface area contributed by atoms with E-state index in [4.69, 9.17) is 8.83 Å². The van der Waals surface area contributed by atoms with Crippen molar-refractivity contribution in [3.05, 3.63) is 204 Å². The van der Waals surface area contributed by atoms with Crippen LogP contribution < -0.4 is 0 Å². The van der Waals surface area contributed by atoms with Gasteiger partial charge < -0.3 is 8.83 Å². The molecule has 2 aliphatic carbocycles. The van der Waals surface area contributed by atoms with Crippen LogP contribution in [-0.4, -0.2) is 0 Å². The van der Waals surface area contributed by atoms with Crippen LogP contribution in [0.4, 0.5) is 0 Å². The number of benzene rings is 11. The number of hydrogen-bond donors (Lipinski definition) is 0. The van der Waals surface area contributed by atoms with Gasteiger partial charge in [-0.1, -0.05) is 161 Å². The lowest BCUT2D eigenvalue weighted by Gasteiger charge is -2.24. The monoisotopic (exact) mass is 842 g/mol. The van der Waals surface area contributed by atoms with E-state index in [0.29, 0.717) is 0 Å². The number of rotatable bonds is 2. The summed E-state index contributed by atoms with van der Waals surface area (Å²) in [5.74, 6) is 0. The number of para-hydroxylation sites is 4. The molecule has 0 bridgehead atoms. The van der Waals surface area contributed by atoms with Gasteiger partial charge in [-0.05, 0) is 147 Å². The SMILES string of the molecule is CC1(C)c2cc3c(ccc4cc5c(cc43)C(C)(C)c3cc(-c4cccc6c4oc4ccccc46)c4ccccc4c3-5)cc2-c2c1cc(-c1cccc3c1oc1ccccc13)c1ccccc21. The molecule has 0 atom stereocenters. The minimum atomic E-state index is -0.244. The van der Waals surface area contributed by atoms with Gasteiger partial charge in [-0.3, -0.25) is 0 Å². The Bertz CT molecular complexity index is 4060. The molecule has 13 aromatic rings. The highest BCUT2D eigenvalue weighted by molar-refractivity contribution is 6.19. The molecule has 2 heteroatoms. The van der Waals surface area contributed by atoms with Crippen molar-refractivity contribution in [1.29, 1.82) is 0 Å². The van der Waals surface area contributed by atoms with Crippen LogP contribution in [0.15, 0.2) is 191 Å². The van der Waals surface area contributed by atoms with Crippen molar-refractivity contribution < 1.29 is 8.83 Å². The molecule has 0 fully saturated rings. The predicted molar refractivity (Wildman–Crippen MR) is 277 cm³/mol. The Morgan fingerprint density at radius 3 is 1.09 bits per heavy atom. The molecule has 15 rings (SSSR count). The first kappa shape index (κ1) is 36.4. The van der Waals surface area contributed by atoms with Crippen molar-refractivity contribution in [3.63, 3.8) is 0 Å². The third-order valence-electron chi connectivity index (χ3n) is 15.8. The highest BCUT2D eigenvalue weighted by Gasteiger charge is 2.40.